The third kappa shape index (κ3) is 6.52. The molecule has 1 aromatic heterocycles. The molecule has 1 atom stereocenters. The van der Waals surface area contributed by atoms with Gasteiger partial charge >= 0.3 is 0 Å². The number of rotatable bonds is 7. The SMILES string of the molecule is CS(=O)(=O)c1ccc([C@@H](CC2CCCC2)C(=O)Nc2cnc(C#CCCO)cn2)cc1Cl. The number of sulfone groups is 1. The Morgan fingerprint density at radius 3 is 2.62 bits per heavy atom. The normalized spacial score (nSPS) is 15.1. The Morgan fingerprint density at radius 1 is 1.28 bits per heavy atom. The number of nitrogens with one attached hydrogen (secondary N) is 1. The van der Waals surface area contributed by atoms with E-state index in [9.17, 15) is 13.2 Å². The van der Waals surface area contributed by atoms with Crippen molar-refractivity contribution in [1.29, 1.82) is 0 Å². The lowest BCUT2D eigenvalue weighted by atomic mass is 9.87. The van der Waals surface area contributed by atoms with Crippen molar-refractivity contribution >= 4 is 33.2 Å². The number of amides is 1. The van der Waals surface area contributed by atoms with E-state index >= 15 is 0 Å². The molecular weight excluding hydrogens is 450 g/mol. The molecule has 0 radical (unpaired) electrons. The maximum atomic E-state index is 13.2. The van der Waals surface area contributed by atoms with Gasteiger partial charge in [0.05, 0.1) is 34.8 Å². The van der Waals surface area contributed by atoms with E-state index < -0.39 is 15.8 Å². The largest absolute Gasteiger partial charge is 0.395 e. The average molecular weight is 476 g/mol. The third-order valence-electron chi connectivity index (χ3n) is 5.47. The minimum atomic E-state index is -3.46. The number of hydrogen-bond donors (Lipinski definition) is 2. The number of aromatic nitrogens is 2. The molecular formula is C23H26ClN3O4S. The molecule has 2 aromatic rings. The third-order valence-corrected chi connectivity index (χ3v) is 7.05. The van der Waals surface area contributed by atoms with Gasteiger partial charge in [0.1, 0.15) is 5.69 Å². The van der Waals surface area contributed by atoms with Crippen LogP contribution >= 0.6 is 11.6 Å². The minimum absolute atomic E-state index is 0.0217. The van der Waals surface area contributed by atoms with Crippen LogP contribution in [0.1, 0.15) is 55.7 Å². The first-order chi connectivity index (χ1) is 15.3. The van der Waals surface area contributed by atoms with Crippen LogP contribution in [0, 0.1) is 17.8 Å². The molecule has 9 heteroatoms. The van der Waals surface area contributed by atoms with Crippen molar-refractivity contribution in [2.24, 2.45) is 5.92 Å². The summed E-state index contributed by atoms with van der Waals surface area (Å²) in [4.78, 5) is 21.6. The topological polar surface area (TPSA) is 109 Å². The van der Waals surface area contributed by atoms with E-state index in [4.69, 9.17) is 16.7 Å². The molecule has 0 aliphatic heterocycles. The number of halogens is 1. The average Bonchev–Trinajstić information content (AvgIpc) is 3.26. The van der Waals surface area contributed by atoms with Crippen LogP contribution in [0.5, 0.6) is 0 Å². The van der Waals surface area contributed by atoms with Gasteiger partial charge in [0.2, 0.25) is 5.91 Å². The highest BCUT2D eigenvalue weighted by Gasteiger charge is 2.28. The summed E-state index contributed by atoms with van der Waals surface area (Å²) in [6.07, 6.45) is 9.44. The molecule has 1 aromatic carbocycles. The molecule has 1 heterocycles. The summed E-state index contributed by atoms with van der Waals surface area (Å²) >= 11 is 6.25. The highest BCUT2D eigenvalue weighted by molar-refractivity contribution is 7.90. The van der Waals surface area contributed by atoms with E-state index in [1.807, 2.05) is 0 Å². The minimum Gasteiger partial charge on any atom is -0.395 e. The van der Waals surface area contributed by atoms with Crippen LogP contribution in [0.25, 0.3) is 0 Å². The van der Waals surface area contributed by atoms with E-state index in [2.05, 4.69) is 27.1 Å². The van der Waals surface area contributed by atoms with Gasteiger partial charge in [0.15, 0.2) is 15.7 Å². The highest BCUT2D eigenvalue weighted by Crippen LogP contribution is 2.36. The number of aliphatic hydroxyl groups is 1. The van der Waals surface area contributed by atoms with Gasteiger partial charge in [-0.15, -0.1) is 0 Å². The van der Waals surface area contributed by atoms with Crippen molar-refractivity contribution in [2.75, 3.05) is 18.2 Å². The summed E-state index contributed by atoms with van der Waals surface area (Å²) < 4.78 is 23.8. The number of nitrogens with zero attached hydrogens (tertiary/aromatic N) is 2. The summed E-state index contributed by atoms with van der Waals surface area (Å²) in [7, 11) is -3.46. The van der Waals surface area contributed by atoms with Gasteiger partial charge < -0.3 is 10.4 Å². The molecule has 0 saturated heterocycles. The predicted molar refractivity (Wildman–Crippen MR) is 123 cm³/mol. The number of carbonyl (C=O) groups excluding carboxylic acids is 1. The van der Waals surface area contributed by atoms with Crippen LogP contribution in [-0.4, -0.2) is 42.3 Å². The second-order valence-corrected chi connectivity index (χ2v) is 10.3. The zero-order valence-corrected chi connectivity index (χ0v) is 19.4. The molecule has 0 spiro atoms. The summed E-state index contributed by atoms with van der Waals surface area (Å²) in [5.74, 6) is 5.55. The Bertz CT molecular complexity index is 1120. The smallest absolute Gasteiger partial charge is 0.233 e. The first-order valence-electron chi connectivity index (χ1n) is 10.5. The first-order valence-corrected chi connectivity index (χ1v) is 12.8. The van der Waals surface area contributed by atoms with Crippen molar-refractivity contribution in [3.8, 4) is 11.8 Å². The van der Waals surface area contributed by atoms with Crippen LogP contribution in [0.3, 0.4) is 0 Å². The van der Waals surface area contributed by atoms with Crippen LogP contribution in [0.2, 0.25) is 5.02 Å². The van der Waals surface area contributed by atoms with Gasteiger partial charge in [-0.25, -0.2) is 18.4 Å². The predicted octanol–water partition coefficient (Wildman–Crippen LogP) is 3.57. The molecule has 0 bridgehead atoms. The second-order valence-electron chi connectivity index (χ2n) is 7.95. The fraction of sp³-hybridized carbons (Fsp3) is 0.435. The Kier molecular flexibility index (Phi) is 8.24. The first kappa shape index (κ1) is 24.2. The second kappa shape index (κ2) is 10.9. The van der Waals surface area contributed by atoms with Gasteiger partial charge in [-0.3, -0.25) is 4.79 Å². The van der Waals surface area contributed by atoms with Crippen LogP contribution < -0.4 is 5.32 Å². The van der Waals surface area contributed by atoms with Crippen molar-refractivity contribution in [3.63, 3.8) is 0 Å². The van der Waals surface area contributed by atoms with Crippen molar-refractivity contribution in [3.05, 3.63) is 46.9 Å². The molecule has 0 unspecified atom stereocenters. The fourth-order valence-corrected chi connectivity index (χ4v) is 5.23. The molecule has 1 aliphatic rings. The van der Waals surface area contributed by atoms with Crippen LogP contribution in [-0.2, 0) is 14.6 Å². The van der Waals surface area contributed by atoms with Gasteiger partial charge in [-0.1, -0.05) is 49.3 Å². The molecule has 1 amide bonds. The standard InChI is InChI=1S/C23H26ClN3O4S/c1-32(30,31)21-10-9-17(13-20(21)24)19(12-16-6-2-3-7-16)23(29)27-22-15-25-18(14-26-22)8-4-5-11-28/h9-10,13-16,19,28H,2-3,5-7,11-12H2,1H3,(H,26,27,29)/t19-/m1/s1. The Morgan fingerprint density at radius 2 is 2.03 bits per heavy atom. The van der Waals surface area contributed by atoms with Gasteiger partial charge in [0.25, 0.3) is 0 Å². The monoisotopic (exact) mass is 475 g/mol. The summed E-state index contributed by atoms with van der Waals surface area (Å²) in [5, 5.41) is 11.7. The van der Waals surface area contributed by atoms with Gasteiger partial charge in [0, 0.05) is 12.7 Å². The number of carbonyl (C=O) groups is 1. The van der Waals surface area contributed by atoms with Crippen molar-refractivity contribution < 1.29 is 18.3 Å². The van der Waals surface area contributed by atoms with E-state index in [-0.39, 0.29) is 22.4 Å². The molecule has 1 fully saturated rings. The number of hydrogen-bond acceptors (Lipinski definition) is 6. The Labute approximate surface area is 193 Å². The van der Waals surface area contributed by atoms with E-state index in [1.165, 1.54) is 18.5 Å². The van der Waals surface area contributed by atoms with E-state index in [0.29, 0.717) is 35.8 Å². The molecule has 7 nitrogen and oxygen atoms in total. The highest BCUT2D eigenvalue weighted by atomic mass is 35.5. The summed E-state index contributed by atoms with van der Waals surface area (Å²) in [6.45, 7) is -0.0217. The van der Waals surface area contributed by atoms with E-state index in [0.717, 1.165) is 31.9 Å². The van der Waals surface area contributed by atoms with Crippen LogP contribution in [0.4, 0.5) is 5.82 Å². The number of anilines is 1. The summed E-state index contributed by atoms with van der Waals surface area (Å²) in [5.41, 5.74) is 1.12. The Balaban J connectivity index is 1.81. The zero-order chi connectivity index (χ0) is 23.1. The quantitative estimate of drug-likeness (QED) is 0.592. The molecule has 2 N–H and O–H groups in total. The molecule has 1 aliphatic carbocycles. The number of aliphatic hydroxyl groups excluding tert-OH is 1. The lowest BCUT2D eigenvalue weighted by Gasteiger charge is -2.21. The molecule has 3 rings (SSSR count). The zero-order valence-electron chi connectivity index (χ0n) is 17.8. The summed E-state index contributed by atoms with van der Waals surface area (Å²) in [6, 6.07) is 4.69. The maximum Gasteiger partial charge on any atom is 0.233 e. The fourth-order valence-electron chi connectivity index (χ4n) is 3.89. The Hall–Kier alpha value is -2.47. The molecule has 1 saturated carbocycles. The van der Waals surface area contributed by atoms with Gasteiger partial charge in [-0.2, -0.15) is 0 Å². The van der Waals surface area contributed by atoms with E-state index in [1.54, 1.807) is 12.1 Å². The van der Waals surface area contributed by atoms with Crippen LogP contribution in [0.15, 0.2) is 35.5 Å². The van der Waals surface area contributed by atoms with Crippen molar-refractivity contribution in [1.82, 2.24) is 9.97 Å². The molecule has 170 valence electrons. The van der Waals surface area contributed by atoms with Crippen molar-refractivity contribution in [2.45, 2.75) is 49.3 Å². The lowest BCUT2D eigenvalue weighted by Crippen LogP contribution is -2.24. The number of benzene rings is 1. The maximum absolute atomic E-state index is 13.2. The lowest BCUT2D eigenvalue weighted by molar-refractivity contribution is -0.118. The van der Waals surface area contributed by atoms with Gasteiger partial charge in [-0.05, 0) is 36.0 Å². The molecule has 32 heavy (non-hydrogen) atoms.